The molecule has 3 nitrogen and oxygen atoms in total. The first kappa shape index (κ1) is 15.0. The average Bonchev–Trinajstić information content (AvgIpc) is 2.91. The van der Waals surface area contributed by atoms with Crippen LogP contribution in [-0.4, -0.2) is 18.6 Å². The van der Waals surface area contributed by atoms with Gasteiger partial charge in [-0.2, -0.15) is 11.3 Å². The second kappa shape index (κ2) is 7.41. The number of rotatable bonds is 7. The van der Waals surface area contributed by atoms with Crippen molar-refractivity contribution in [1.82, 2.24) is 10.3 Å². The zero-order valence-corrected chi connectivity index (χ0v) is 13.3. The van der Waals surface area contributed by atoms with Gasteiger partial charge in [0.2, 0.25) is 0 Å². The fourth-order valence-corrected chi connectivity index (χ4v) is 2.66. The van der Waals surface area contributed by atoms with E-state index in [4.69, 9.17) is 4.98 Å². The van der Waals surface area contributed by atoms with E-state index in [0.717, 1.165) is 31.1 Å². The number of aromatic nitrogens is 1. The molecule has 0 fully saturated rings. The molecule has 2 aromatic rings. The molecule has 0 saturated heterocycles. The highest BCUT2D eigenvalue weighted by Gasteiger charge is 2.05. The molecular weight excluding hydrogens is 266 g/mol. The second-order valence-corrected chi connectivity index (χ2v) is 6.28. The highest BCUT2D eigenvalue weighted by atomic mass is 32.1. The summed E-state index contributed by atoms with van der Waals surface area (Å²) in [6, 6.07) is 8.39. The number of hydrogen-bond acceptors (Lipinski definition) is 4. The van der Waals surface area contributed by atoms with Crippen LogP contribution in [0.4, 0.5) is 5.82 Å². The highest BCUT2D eigenvalue weighted by Crippen LogP contribution is 2.15. The van der Waals surface area contributed by atoms with Gasteiger partial charge in [-0.05, 0) is 47.0 Å². The summed E-state index contributed by atoms with van der Waals surface area (Å²) < 4.78 is 0. The van der Waals surface area contributed by atoms with Gasteiger partial charge < -0.3 is 10.2 Å². The Bertz CT molecular complexity index is 508. The van der Waals surface area contributed by atoms with Gasteiger partial charge in [0.25, 0.3) is 0 Å². The predicted octanol–water partition coefficient (Wildman–Crippen LogP) is 3.53. The van der Waals surface area contributed by atoms with Crippen LogP contribution in [0.15, 0.2) is 35.0 Å². The Hall–Kier alpha value is -1.39. The maximum absolute atomic E-state index is 4.72. The smallest absolute Gasteiger partial charge is 0.128 e. The molecule has 0 atom stereocenters. The standard InChI is InChI=1S/C16H23N3S/c1-13(2)9-17-10-15-5-4-6-16(18-15)19(3)11-14-7-8-20-12-14/h4-8,12-13,17H,9-11H2,1-3H3. The minimum absolute atomic E-state index is 0.666. The molecule has 0 spiro atoms. The molecule has 1 N–H and O–H groups in total. The lowest BCUT2D eigenvalue weighted by atomic mass is 10.2. The Morgan fingerprint density at radius 1 is 1.30 bits per heavy atom. The van der Waals surface area contributed by atoms with Crippen molar-refractivity contribution in [3.05, 3.63) is 46.3 Å². The molecule has 108 valence electrons. The maximum atomic E-state index is 4.72. The fraction of sp³-hybridized carbons (Fsp3) is 0.438. The van der Waals surface area contributed by atoms with Gasteiger partial charge in [0.05, 0.1) is 5.69 Å². The first-order valence-corrected chi connectivity index (χ1v) is 7.98. The SMILES string of the molecule is CC(C)CNCc1cccc(N(C)Cc2ccsc2)n1. The number of nitrogens with one attached hydrogen (secondary N) is 1. The number of hydrogen-bond donors (Lipinski definition) is 1. The molecule has 0 bridgehead atoms. The van der Waals surface area contributed by atoms with E-state index in [1.807, 2.05) is 0 Å². The van der Waals surface area contributed by atoms with Crippen molar-refractivity contribution in [1.29, 1.82) is 0 Å². The Balaban J connectivity index is 1.94. The van der Waals surface area contributed by atoms with Crippen molar-refractivity contribution in [3.8, 4) is 0 Å². The van der Waals surface area contributed by atoms with E-state index in [0.29, 0.717) is 5.92 Å². The summed E-state index contributed by atoms with van der Waals surface area (Å²) in [6.45, 7) is 7.19. The van der Waals surface area contributed by atoms with Crippen LogP contribution in [0.5, 0.6) is 0 Å². The summed E-state index contributed by atoms with van der Waals surface area (Å²) in [5.74, 6) is 1.69. The van der Waals surface area contributed by atoms with Gasteiger partial charge in [0.1, 0.15) is 5.82 Å². The second-order valence-electron chi connectivity index (χ2n) is 5.50. The van der Waals surface area contributed by atoms with E-state index in [-0.39, 0.29) is 0 Å². The largest absolute Gasteiger partial charge is 0.355 e. The van der Waals surface area contributed by atoms with Gasteiger partial charge in [0.15, 0.2) is 0 Å². The number of anilines is 1. The molecule has 20 heavy (non-hydrogen) atoms. The molecule has 0 aliphatic rings. The molecule has 0 saturated carbocycles. The van der Waals surface area contributed by atoms with Crippen LogP contribution in [-0.2, 0) is 13.1 Å². The van der Waals surface area contributed by atoms with Crippen LogP contribution >= 0.6 is 11.3 Å². The Kier molecular flexibility index (Phi) is 5.56. The first-order valence-electron chi connectivity index (χ1n) is 7.04. The zero-order chi connectivity index (χ0) is 14.4. The molecule has 0 amide bonds. The summed E-state index contributed by atoms with van der Waals surface area (Å²) in [4.78, 5) is 6.91. The predicted molar refractivity (Wildman–Crippen MR) is 87.2 cm³/mol. The van der Waals surface area contributed by atoms with Gasteiger partial charge in [-0.1, -0.05) is 19.9 Å². The van der Waals surface area contributed by atoms with Crippen LogP contribution in [0, 0.1) is 5.92 Å². The summed E-state index contributed by atoms with van der Waals surface area (Å²) in [5, 5.41) is 7.73. The topological polar surface area (TPSA) is 28.2 Å². The van der Waals surface area contributed by atoms with Crippen LogP contribution in [0.2, 0.25) is 0 Å². The summed E-state index contributed by atoms with van der Waals surface area (Å²) in [6.07, 6.45) is 0. The van der Waals surface area contributed by atoms with Crippen molar-refractivity contribution >= 4 is 17.2 Å². The molecule has 0 radical (unpaired) electrons. The molecular formula is C16H23N3S. The molecule has 2 aromatic heterocycles. The van der Waals surface area contributed by atoms with E-state index in [1.165, 1.54) is 5.56 Å². The Labute approximate surface area is 125 Å². The van der Waals surface area contributed by atoms with Crippen LogP contribution in [0.1, 0.15) is 25.1 Å². The Morgan fingerprint density at radius 3 is 2.85 bits per heavy atom. The van der Waals surface area contributed by atoms with Gasteiger partial charge in [-0.3, -0.25) is 0 Å². The van der Waals surface area contributed by atoms with Gasteiger partial charge in [-0.15, -0.1) is 0 Å². The lowest BCUT2D eigenvalue weighted by molar-refractivity contribution is 0.548. The molecule has 2 rings (SSSR count). The van der Waals surface area contributed by atoms with Crippen LogP contribution in [0.25, 0.3) is 0 Å². The third-order valence-electron chi connectivity index (χ3n) is 3.04. The highest BCUT2D eigenvalue weighted by molar-refractivity contribution is 7.07. The van der Waals surface area contributed by atoms with Crippen LogP contribution < -0.4 is 10.2 Å². The van der Waals surface area contributed by atoms with E-state index in [9.17, 15) is 0 Å². The van der Waals surface area contributed by atoms with Crippen LogP contribution in [0.3, 0.4) is 0 Å². The third-order valence-corrected chi connectivity index (χ3v) is 3.77. The van der Waals surface area contributed by atoms with E-state index >= 15 is 0 Å². The summed E-state index contributed by atoms with van der Waals surface area (Å²) in [7, 11) is 2.09. The number of thiophene rings is 1. The molecule has 4 heteroatoms. The van der Waals surface area contributed by atoms with Crippen molar-refractivity contribution in [2.24, 2.45) is 5.92 Å². The number of nitrogens with zero attached hydrogens (tertiary/aromatic N) is 2. The molecule has 0 aliphatic carbocycles. The van der Waals surface area contributed by atoms with E-state index in [1.54, 1.807) is 11.3 Å². The summed E-state index contributed by atoms with van der Waals surface area (Å²) >= 11 is 1.74. The van der Waals surface area contributed by atoms with Crippen molar-refractivity contribution in [3.63, 3.8) is 0 Å². The van der Waals surface area contributed by atoms with Crippen molar-refractivity contribution in [2.45, 2.75) is 26.9 Å². The average molecular weight is 289 g/mol. The van der Waals surface area contributed by atoms with E-state index in [2.05, 4.69) is 66.1 Å². The lowest BCUT2D eigenvalue weighted by Crippen LogP contribution is -2.21. The first-order chi connectivity index (χ1) is 9.65. The molecule has 2 heterocycles. The maximum Gasteiger partial charge on any atom is 0.128 e. The molecule has 0 aliphatic heterocycles. The molecule has 0 unspecified atom stereocenters. The quantitative estimate of drug-likeness (QED) is 0.845. The summed E-state index contributed by atoms with van der Waals surface area (Å²) in [5.41, 5.74) is 2.43. The minimum Gasteiger partial charge on any atom is -0.355 e. The van der Waals surface area contributed by atoms with Crippen molar-refractivity contribution in [2.75, 3.05) is 18.5 Å². The zero-order valence-electron chi connectivity index (χ0n) is 12.5. The van der Waals surface area contributed by atoms with Crippen molar-refractivity contribution < 1.29 is 0 Å². The van der Waals surface area contributed by atoms with Gasteiger partial charge in [-0.25, -0.2) is 4.98 Å². The Morgan fingerprint density at radius 2 is 2.15 bits per heavy atom. The van der Waals surface area contributed by atoms with Gasteiger partial charge >= 0.3 is 0 Å². The van der Waals surface area contributed by atoms with E-state index < -0.39 is 0 Å². The lowest BCUT2D eigenvalue weighted by Gasteiger charge is -2.18. The third kappa shape index (κ3) is 4.62. The molecule has 0 aromatic carbocycles. The normalized spacial score (nSPS) is 11.0. The fourth-order valence-electron chi connectivity index (χ4n) is 2.00. The monoisotopic (exact) mass is 289 g/mol. The minimum atomic E-state index is 0.666. The van der Waals surface area contributed by atoms with Gasteiger partial charge in [0, 0.05) is 20.1 Å². The number of pyridine rings is 1.